The molecular weight excluding hydrogens is 168 g/mol. The minimum Gasteiger partial charge on any atom is -0.418 e. The quantitative estimate of drug-likeness (QED) is 0.619. The van der Waals surface area contributed by atoms with Crippen LogP contribution >= 0.6 is 0 Å². The third-order valence-electron chi connectivity index (χ3n) is 1.81. The number of nitriles is 1. The van der Waals surface area contributed by atoms with Crippen LogP contribution < -0.4 is 5.55 Å². The largest absolute Gasteiger partial charge is 0.418 e. The van der Waals surface area contributed by atoms with Gasteiger partial charge in [0, 0.05) is 5.69 Å². The van der Waals surface area contributed by atoms with Gasteiger partial charge in [-0.25, -0.2) is 0 Å². The highest BCUT2D eigenvalue weighted by Crippen LogP contribution is 2.13. The molecule has 0 spiro atoms. The molecule has 2 N–H and O–H groups in total. The molecule has 0 aromatic carbocycles. The fourth-order valence-electron chi connectivity index (χ4n) is 1.11. The van der Waals surface area contributed by atoms with E-state index in [9.17, 15) is 0 Å². The van der Waals surface area contributed by atoms with Gasteiger partial charge in [-0.2, -0.15) is 5.26 Å². The number of rotatable bonds is 0. The van der Waals surface area contributed by atoms with Gasteiger partial charge in [0.25, 0.3) is 0 Å². The highest BCUT2D eigenvalue weighted by atomic mass is 16.3. The van der Waals surface area contributed by atoms with Gasteiger partial charge >= 0.3 is 0 Å². The van der Waals surface area contributed by atoms with E-state index in [1.807, 2.05) is 13.0 Å². The predicted octanol–water partition coefficient (Wildman–Crippen LogP) is 0.815. The lowest BCUT2D eigenvalue weighted by molar-refractivity contribution is 0.519. The van der Waals surface area contributed by atoms with Gasteiger partial charge in [-0.3, -0.25) is 10.5 Å². The molecule has 0 aliphatic heterocycles. The number of aromatic nitrogens is 2. The molecule has 0 bridgehead atoms. The molecule has 2 aromatic heterocycles. The Morgan fingerprint density at radius 1 is 1.69 bits per heavy atom. The summed E-state index contributed by atoms with van der Waals surface area (Å²) in [5.74, 6) is 0. The number of aryl methyl sites for hydroxylation is 1. The Balaban J connectivity index is 2.95. The summed E-state index contributed by atoms with van der Waals surface area (Å²) in [6.45, 7) is 1.83. The minimum atomic E-state index is -0.151. The van der Waals surface area contributed by atoms with Gasteiger partial charge in [0.15, 0.2) is 0 Å². The molecule has 2 heterocycles. The molecule has 0 saturated carbocycles. The Bertz CT molecular complexity index is 558. The molecule has 0 radical (unpaired) electrons. The smallest absolute Gasteiger partial charge is 0.247 e. The van der Waals surface area contributed by atoms with Gasteiger partial charge in [-0.1, -0.05) is 0 Å². The Morgan fingerprint density at radius 3 is 3.15 bits per heavy atom. The van der Waals surface area contributed by atoms with Crippen molar-refractivity contribution in [2.24, 2.45) is 0 Å². The van der Waals surface area contributed by atoms with E-state index in [0.29, 0.717) is 5.71 Å². The zero-order chi connectivity index (χ0) is 9.42. The summed E-state index contributed by atoms with van der Waals surface area (Å²) in [7, 11) is 0. The van der Waals surface area contributed by atoms with Crippen LogP contribution in [0.4, 0.5) is 0 Å². The maximum atomic E-state index is 8.65. The average Bonchev–Trinajstić information content (AvgIpc) is 2.46. The van der Waals surface area contributed by atoms with Crippen LogP contribution in [0.2, 0.25) is 0 Å². The maximum Gasteiger partial charge on any atom is 0.247 e. The summed E-state index contributed by atoms with van der Waals surface area (Å²) < 4.78 is 5.01. The topological polar surface area (TPSA) is 89.5 Å². The van der Waals surface area contributed by atoms with Crippen molar-refractivity contribution in [1.82, 2.24) is 10.2 Å². The number of nitrogens with one attached hydrogen (secondary N) is 2. The van der Waals surface area contributed by atoms with Gasteiger partial charge in [0.2, 0.25) is 11.3 Å². The summed E-state index contributed by atoms with van der Waals surface area (Å²) in [5.41, 5.74) is 1.26. The normalized spacial score (nSPS) is 10.2. The molecule has 0 fully saturated rings. The van der Waals surface area contributed by atoms with E-state index >= 15 is 0 Å². The standard InChI is InChI=1S/C8H6N4O/c1-4-6-2-5(3-9)7(10)13-8(6)12-11-4/h2,10H,1H3,(H,11,12). The number of H-pyrrole nitrogens is 1. The number of hydrogen-bond acceptors (Lipinski definition) is 4. The van der Waals surface area contributed by atoms with Crippen LogP contribution in [0.1, 0.15) is 11.3 Å². The van der Waals surface area contributed by atoms with Crippen LogP contribution in [0, 0.1) is 23.7 Å². The number of hydrogen-bond donors (Lipinski definition) is 2. The van der Waals surface area contributed by atoms with Gasteiger partial charge in [-0.05, 0) is 13.0 Å². The molecule has 2 aromatic rings. The van der Waals surface area contributed by atoms with Crippen molar-refractivity contribution >= 4 is 11.1 Å². The summed E-state index contributed by atoms with van der Waals surface area (Å²) in [4.78, 5) is 0. The molecule has 0 atom stereocenters. The zero-order valence-corrected chi connectivity index (χ0v) is 6.88. The first-order chi connectivity index (χ1) is 6.22. The Labute approximate surface area is 73.1 Å². The molecule has 0 amide bonds. The Morgan fingerprint density at radius 2 is 2.46 bits per heavy atom. The van der Waals surface area contributed by atoms with Crippen LogP contribution in [0.25, 0.3) is 11.1 Å². The zero-order valence-electron chi connectivity index (χ0n) is 6.88. The fraction of sp³-hybridized carbons (Fsp3) is 0.125. The molecule has 5 heteroatoms. The lowest BCUT2D eigenvalue weighted by Gasteiger charge is -1.90. The Kier molecular flexibility index (Phi) is 1.43. The van der Waals surface area contributed by atoms with Gasteiger partial charge in [-0.15, -0.1) is 5.10 Å². The molecule has 0 aliphatic rings. The lowest BCUT2D eigenvalue weighted by atomic mass is 10.2. The first-order valence-electron chi connectivity index (χ1n) is 3.66. The SMILES string of the molecule is Cc1[nH]nc2oc(=N)c(C#N)cc12. The van der Waals surface area contributed by atoms with E-state index in [1.54, 1.807) is 6.07 Å². The third-order valence-corrected chi connectivity index (χ3v) is 1.81. The molecule has 0 unspecified atom stereocenters. The van der Waals surface area contributed by atoms with Crippen molar-refractivity contribution in [2.75, 3.05) is 0 Å². The van der Waals surface area contributed by atoms with Crippen LogP contribution in [0.3, 0.4) is 0 Å². The van der Waals surface area contributed by atoms with Crippen molar-refractivity contribution < 1.29 is 4.42 Å². The van der Waals surface area contributed by atoms with Crippen molar-refractivity contribution in [3.05, 3.63) is 22.9 Å². The number of aromatic amines is 1. The summed E-state index contributed by atoms with van der Waals surface area (Å²) in [6.07, 6.45) is 0. The van der Waals surface area contributed by atoms with Gasteiger partial charge < -0.3 is 4.42 Å². The van der Waals surface area contributed by atoms with Crippen molar-refractivity contribution in [1.29, 1.82) is 10.7 Å². The highest BCUT2D eigenvalue weighted by Gasteiger charge is 2.06. The summed E-state index contributed by atoms with van der Waals surface area (Å²) in [5, 5.41) is 23.3. The van der Waals surface area contributed by atoms with E-state index in [0.717, 1.165) is 11.1 Å². The second-order valence-corrected chi connectivity index (χ2v) is 2.67. The van der Waals surface area contributed by atoms with Crippen molar-refractivity contribution in [3.63, 3.8) is 0 Å². The van der Waals surface area contributed by atoms with Crippen LogP contribution in [0.15, 0.2) is 10.5 Å². The van der Waals surface area contributed by atoms with Crippen LogP contribution in [-0.2, 0) is 0 Å². The van der Waals surface area contributed by atoms with E-state index < -0.39 is 0 Å². The molecule has 64 valence electrons. The maximum absolute atomic E-state index is 8.65. The second kappa shape index (κ2) is 2.45. The minimum absolute atomic E-state index is 0.151. The number of nitrogens with zero attached hydrogens (tertiary/aromatic N) is 2. The lowest BCUT2D eigenvalue weighted by Crippen LogP contribution is -2.03. The molecule has 0 saturated heterocycles. The van der Waals surface area contributed by atoms with Gasteiger partial charge in [0.05, 0.1) is 5.39 Å². The molecule has 5 nitrogen and oxygen atoms in total. The average molecular weight is 174 g/mol. The van der Waals surface area contributed by atoms with Crippen molar-refractivity contribution in [3.8, 4) is 6.07 Å². The molecule has 13 heavy (non-hydrogen) atoms. The first kappa shape index (κ1) is 7.55. The predicted molar refractivity (Wildman–Crippen MR) is 43.7 cm³/mol. The van der Waals surface area contributed by atoms with Gasteiger partial charge in [0.1, 0.15) is 11.6 Å². The second-order valence-electron chi connectivity index (χ2n) is 2.67. The summed E-state index contributed by atoms with van der Waals surface area (Å²) in [6, 6.07) is 3.48. The Hall–Kier alpha value is -2.09. The number of fused-ring (bicyclic) bond motifs is 1. The molecular formula is C8H6N4O. The molecule has 2 rings (SSSR count). The van der Waals surface area contributed by atoms with E-state index in [4.69, 9.17) is 15.1 Å². The first-order valence-corrected chi connectivity index (χ1v) is 3.66. The fourth-order valence-corrected chi connectivity index (χ4v) is 1.11. The van der Waals surface area contributed by atoms with E-state index in [2.05, 4.69) is 10.2 Å². The van der Waals surface area contributed by atoms with E-state index in [-0.39, 0.29) is 11.1 Å². The van der Waals surface area contributed by atoms with Crippen LogP contribution in [0.5, 0.6) is 0 Å². The molecule has 0 aliphatic carbocycles. The third kappa shape index (κ3) is 0.999. The van der Waals surface area contributed by atoms with Crippen LogP contribution in [-0.4, -0.2) is 10.2 Å². The summed E-state index contributed by atoms with van der Waals surface area (Å²) >= 11 is 0. The van der Waals surface area contributed by atoms with E-state index in [1.165, 1.54) is 0 Å². The van der Waals surface area contributed by atoms with Crippen molar-refractivity contribution in [2.45, 2.75) is 6.92 Å². The monoisotopic (exact) mass is 174 g/mol. The highest BCUT2D eigenvalue weighted by molar-refractivity contribution is 5.76.